The third-order valence-corrected chi connectivity index (χ3v) is 2.94. The Bertz CT molecular complexity index is 573. The highest BCUT2D eigenvalue weighted by molar-refractivity contribution is 5.76. The number of hydrogen-bond acceptors (Lipinski definition) is 4. The minimum atomic E-state index is -0.173. The lowest BCUT2D eigenvalue weighted by atomic mass is 10.3. The van der Waals surface area contributed by atoms with Gasteiger partial charge in [0, 0.05) is 12.7 Å². The first-order chi connectivity index (χ1) is 9.60. The van der Waals surface area contributed by atoms with Crippen molar-refractivity contribution in [2.75, 3.05) is 0 Å². The minimum absolute atomic E-state index is 0.0911. The summed E-state index contributed by atoms with van der Waals surface area (Å²) in [5.41, 5.74) is 1.04. The van der Waals surface area contributed by atoms with E-state index in [1.54, 1.807) is 17.2 Å². The van der Waals surface area contributed by atoms with Crippen LogP contribution in [0, 0.1) is 6.92 Å². The van der Waals surface area contributed by atoms with Gasteiger partial charge in [0.2, 0.25) is 5.91 Å². The molecule has 2 aromatic rings. The summed E-state index contributed by atoms with van der Waals surface area (Å²) in [5.74, 6) is 0.684. The summed E-state index contributed by atoms with van der Waals surface area (Å²) < 4.78 is 3.58. The molecule has 0 saturated carbocycles. The normalized spacial score (nSPS) is 12.3. The molecule has 7 nitrogen and oxygen atoms in total. The molecule has 1 amide bonds. The van der Waals surface area contributed by atoms with Crippen LogP contribution in [0.5, 0.6) is 0 Å². The van der Waals surface area contributed by atoms with Gasteiger partial charge in [0.05, 0.1) is 12.2 Å². The maximum atomic E-state index is 12.0. The van der Waals surface area contributed by atoms with Gasteiger partial charge in [0.1, 0.15) is 12.9 Å². The molecule has 2 heterocycles. The number of nitrogens with zero attached hydrogens (tertiary/aromatic N) is 5. The van der Waals surface area contributed by atoms with Crippen LogP contribution in [-0.4, -0.2) is 30.5 Å². The van der Waals surface area contributed by atoms with Crippen LogP contribution in [0.3, 0.4) is 0 Å². The van der Waals surface area contributed by atoms with Gasteiger partial charge in [-0.25, -0.2) is 0 Å². The van der Waals surface area contributed by atoms with Crippen molar-refractivity contribution in [1.29, 1.82) is 0 Å². The van der Waals surface area contributed by atoms with E-state index in [2.05, 4.69) is 27.5 Å². The Hall–Kier alpha value is -2.18. The molecule has 0 fully saturated rings. The summed E-state index contributed by atoms with van der Waals surface area (Å²) in [6.45, 7) is 6.99. The minimum Gasteiger partial charge on any atom is -0.345 e. The van der Waals surface area contributed by atoms with Crippen LogP contribution in [0.2, 0.25) is 0 Å². The molecule has 2 rings (SSSR count). The molecular weight excluding hydrogens is 256 g/mol. The first-order valence-electron chi connectivity index (χ1n) is 6.76. The summed E-state index contributed by atoms with van der Waals surface area (Å²) in [4.78, 5) is 12.0. The topological polar surface area (TPSA) is 77.6 Å². The van der Waals surface area contributed by atoms with E-state index in [9.17, 15) is 4.79 Å². The Kier molecular flexibility index (Phi) is 4.49. The number of carbonyl (C=O) groups excluding carboxylic acids is 1. The maximum Gasteiger partial charge on any atom is 0.242 e. The van der Waals surface area contributed by atoms with E-state index in [1.165, 1.54) is 0 Å². The Morgan fingerprint density at radius 1 is 1.50 bits per heavy atom. The lowest BCUT2D eigenvalue weighted by Crippen LogP contribution is -2.31. The van der Waals surface area contributed by atoms with Crippen molar-refractivity contribution < 1.29 is 4.79 Å². The van der Waals surface area contributed by atoms with Crippen molar-refractivity contribution in [3.63, 3.8) is 0 Å². The molecule has 0 aliphatic heterocycles. The summed E-state index contributed by atoms with van der Waals surface area (Å²) >= 11 is 0. The van der Waals surface area contributed by atoms with Crippen molar-refractivity contribution in [2.45, 2.75) is 46.3 Å². The molecular formula is C13H20N6O. The van der Waals surface area contributed by atoms with E-state index in [4.69, 9.17) is 0 Å². The molecule has 0 spiro atoms. The fourth-order valence-corrected chi connectivity index (χ4v) is 2.06. The quantitative estimate of drug-likeness (QED) is 0.856. The molecule has 0 aliphatic carbocycles. The summed E-state index contributed by atoms with van der Waals surface area (Å²) in [5, 5.41) is 15.0. The fourth-order valence-electron chi connectivity index (χ4n) is 2.06. The average molecular weight is 276 g/mol. The molecule has 1 atom stereocenters. The highest BCUT2D eigenvalue weighted by Crippen LogP contribution is 2.09. The predicted octanol–water partition coefficient (Wildman–Crippen LogP) is 1.07. The molecule has 2 aromatic heterocycles. The Morgan fingerprint density at radius 3 is 2.95 bits per heavy atom. The second-order valence-corrected chi connectivity index (χ2v) is 4.89. The van der Waals surface area contributed by atoms with Crippen molar-refractivity contribution >= 4 is 5.91 Å². The van der Waals surface area contributed by atoms with E-state index < -0.39 is 0 Å². The van der Waals surface area contributed by atoms with Crippen LogP contribution in [0.1, 0.15) is 37.7 Å². The van der Waals surface area contributed by atoms with Crippen LogP contribution < -0.4 is 5.32 Å². The molecule has 0 aromatic carbocycles. The third kappa shape index (κ3) is 3.43. The molecule has 7 heteroatoms. The largest absolute Gasteiger partial charge is 0.345 e. The number of rotatable bonds is 6. The average Bonchev–Trinajstić information content (AvgIpc) is 2.99. The molecule has 0 unspecified atom stereocenters. The zero-order valence-electron chi connectivity index (χ0n) is 12.1. The summed E-state index contributed by atoms with van der Waals surface area (Å²) in [7, 11) is 0. The molecule has 0 saturated heterocycles. The molecule has 108 valence electrons. The van der Waals surface area contributed by atoms with E-state index in [-0.39, 0.29) is 18.5 Å². The molecule has 0 radical (unpaired) electrons. The van der Waals surface area contributed by atoms with Crippen LogP contribution in [-0.2, 0) is 17.9 Å². The lowest BCUT2D eigenvalue weighted by molar-refractivity contribution is -0.122. The zero-order chi connectivity index (χ0) is 14.5. The van der Waals surface area contributed by atoms with Gasteiger partial charge in [-0.2, -0.15) is 5.10 Å². The Morgan fingerprint density at radius 2 is 2.30 bits per heavy atom. The molecule has 1 N–H and O–H groups in total. The van der Waals surface area contributed by atoms with Crippen LogP contribution in [0.4, 0.5) is 0 Å². The highest BCUT2D eigenvalue weighted by Gasteiger charge is 2.15. The van der Waals surface area contributed by atoms with Gasteiger partial charge < -0.3 is 9.88 Å². The van der Waals surface area contributed by atoms with Crippen molar-refractivity contribution in [3.05, 3.63) is 30.1 Å². The zero-order valence-corrected chi connectivity index (χ0v) is 12.1. The number of hydrogen-bond donors (Lipinski definition) is 1. The van der Waals surface area contributed by atoms with Crippen molar-refractivity contribution in [2.24, 2.45) is 0 Å². The number of carbonyl (C=O) groups is 1. The number of aromatic nitrogens is 5. The van der Waals surface area contributed by atoms with Gasteiger partial charge in [-0.15, -0.1) is 10.2 Å². The molecule has 20 heavy (non-hydrogen) atoms. The monoisotopic (exact) mass is 276 g/mol. The number of nitrogens with one attached hydrogen (secondary N) is 1. The van der Waals surface area contributed by atoms with E-state index in [0.717, 1.165) is 24.4 Å². The molecule has 0 aliphatic rings. The van der Waals surface area contributed by atoms with E-state index in [1.807, 2.05) is 24.6 Å². The highest BCUT2D eigenvalue weighted by atomic mass is 16.2. The van der Waals surface area contributed by atoms with Crippen LogP contribution in [0.25, 0.3) is 0 Å². The number of amides is 1. The Labute approximate surface area is 118 Å². The van der Waals surface area contributed by atoms with Gasteiger partial charge in [0.15, 0.2) is 5.82 Å². The van der Waals surface area contributed by atoms with Crippen molar-refractivity contribution in [3.8, 4) is 0 Å². The lowest BCUT2D eigenvalue weighted by Gasteiger charge is -2.14. The first kappa shape index (κ1) is 14.2. The van der Waals surface area contributed by atoms with Gasteiger partial charge in [-0.3, -0.25) is 9.48 Å². The van der Waals surface area contributed by atoms with Gasteiger partial charge in [-0.1, -0.05) is 6.92 Å². The summed E-state index contributed by atoms with van der Waals surface area (Å²) in [6.07, 6.45) is 6.26. The van der Waals surface area contributed by atoms with Crippen LogP contribution >= 0.6 is 0 Å². The third-order valence-electron chi connectivity index (χ3n) is 2.94. The van der Waals surface area contributed by atoms with Gasteiger partial charge >= 0.3 is 0 Å². The fraction of sp³-hybridized carbons (Fsp3) is 0.538. The predicted molar refractivity (Wildman–Crippen MR) is 73.8 cm³/mol. The smallest absolute Gasteiger partial charge is 0.242 e. The van der Waals surface area contributed by atoms with Gasteiger partial charge in [0.25, 0.3) is 0 Å². The summed E-state index contributed by atoms with van der Waals surface area (Å²) in [6, 6.07) is -0.173. The van der Waals surface area contributed by atoms with E-state index in [0.29, 0.717) is 0 Å². The van der Waals surface area contributed by atoms with Gasteiger partial charge in [-0.05, 0) is 25.8 Å². The second kappa shape index (κ2) is 6.31. The number of aryl methyl sites for hydroxylation is 2. The Balaban J connectivity index is 1.94. The van der Waals surface area contributed by atoms with Crippen LogP contribution in [0.15, 0.2) is 18.7 Å². The standard InChI is InChI=1S/C13H20N6O/c1-4-5-18-9-14-17-13(18)11(3)16-12(20)8-19-7-10(2)6-15-19/h6-7,9,11H,4-5,8H2,1-3H3,(H,16,20)/t11-/m0/s1. The first-order valence-corrected chi connectivity index (χ1v) is 6.76. The van der Waals surface area contributed by atoms with Crippen molar-refractivity contribution in [1.82, 2.24) is 29.9 Å². The van der Waals surface area contributed by atoms with E-state index >= 15 is 0 Å². The SMILES string of the molecule is CCCn1cnnc1[C@H](C)NC(=O)Cn1cc(C)cn1. The molecule has 0 bridgehead atoms. The maximum absolute atomic E-state index is 12.0. The second-order valence-electron chi connectivity index (χ2n) is 4.89.